The smallest absolute Gasteiger partial charge is 0.143 e. The normalized spacial score (nSPS) is 19.8. The van der Waals surface area contributed by atoms with Crippen molar-refractivity contribution in [3.05, 3.63) is 12.2 Å². The van der Waals surface area contributed by atoms with E-state index in [0.717, 1.165) is 25.5 Å². The van der Waals surface area contributed by atoms with Crippen molar-refractivity contribution in [1.82, 2.24) is 20.1 Å². The predicted molar refractivity (Wildman–Crippen MR) is 70.8 cm³/mol. The van der Waals surface area contributed by atoms with Gasteiger partial charge in [0.15, 0.2) is 0 Å². The second-order valence-electron chi connectivity index (χ2n) is 5.37. The lowest BCUT2D eigenvalue weighted by atomic mass is 10.1. The van der Waals surface area contributed by atoms with Crippen LogP contribution in [-0.4, -0.2) is 46.3 Å². The number of aromatic nitrogens is 3. The number of hydrogen-bond acceptors (Lipinski definition) is 5. The molecule has 2 rings (SSSR count). The fourth-order valence-corrected chi connectivity index (χ4v) is 2.18. The van der Waals surface area contributed by atoms with E-state index in [1.807, 2.05) is 4.68 Å². The average Bonchev–Trinajstić information content (AvgIpc) is 2.77. The molecule has 0 aromatic carbocycles. The number of hydrogen-bond donors (Lipinski definition) is 1. The minimum atomic E-state index is 0.00252. The minimum Gasteiger partial charge on any atom is -0.375 e. The highest BCUT2D eigenvalue weighted by Crippen LogP contribution is 2.07. The van der Waals surface area contributed by atoms with E-state index in [9.17, 15) is 4.79 Å². The van der Waals surface area contributed by atoms with Gasteiger partial charge in [0.2, 0.25) is 0 Å². The lowest BCUT2D eigenvalue weighted by Crippen LogP contribution is -2.39. The Morgan fingerprint density at radius 3 is 3.16 bits per heavy atom. The Bertz CT molecular complexity index is 411. The first-order chi connectivity index (χ1) is 9.15. The Labute approximate surface area is 113 Å². The highest BCUT2D eigenvalue weighted by atomic mass is 16.5. The van der Waals surface area contributed by atoms with Gasteiger partial charge in [-0.05, 0) is 5.92 Å². The third-order valence-electron chi connectivity index (χ3n) is 3.05. The van der Waals surface area contributed by atoms with Crippen LogP contribution in [0.4, 0.5) is 0 Å². The molecule has 6 nitrogen and oxygen atoms in total. The molecule has 106 valence electrons. The van der Waals surface area contributed by atoms with Crippen molar-refractivity contribution in [3.8, 4) is 0 Å². The predicted octanol–water partition coefficient (Wildman–Crippen LogP) is 0.424. The fraction of sp³-hybridized carbons (Fsp3) is 0.769. The molecule has 0 spiro atoms. The molecular formula is C13H22N4O2. The summed E-state index contributed by atoms with van der Waals surface area (Å²) < 4.78 is 7.36. The zero-order chi connectivity index (χ0) is 13.7. The molecule has 1 N–H and O–H groups in total. The number of carbonyl (C=O) groups is 1. The molecule has 1 atom stereocenters. The molecule has 0 bridgehead atoms. The van der Waals surface area contributed by atoms with Gasteiger partial charge in [0.05, 0.1) is 19.1 Å². The van der Waals surface area contributed by atoms with Gasteiger partial charge in [-0.3, -0.25) is 4.79 Å². The second kappa shape index (κ2) is 6.77. The average molecular weight is 266 g/mol. The first-order valence-corrected chi connectivity index (χ1v) is 6.86. The maximum Gasteiger partial charge on any atom is 0.143 e. The van der Waals surface area contributed by atoms with Crippen LogP contribution in [-0.2, 0) is 22.5 Å². The van der Waals surface area contributed by atoms with Crippen molar-refractivity contribution in [2.45, 2.75) is 39.3 Å². The number of rotatable bonds is 6. The van der Waals surface area contributed by atoms with E-state index in [1.165, 1.54) is 6.33 Å². The highest BCUT2D eigenvalue weighted by molar-refractivity contribution is 5.80. The molecule has 1 saturated heterocycles. The number of ketones is 1. The first-order valence-electron chi connectivity index (χ1n) is 6.86. The summed E-state index contributed by atoms with van der Waals surface area (Å²) in [4.78, 5) is 16.2. The lowest BCUT2D eigenvalue weighted by molar-refractivity contribution is -0.121. The number of nitrogens with zero attached hydrogens (tertiary/aromatic N) is 3. The number of carbonyl (C=O) groups excluding carboxylic acids is 1. The topological polar surface area (TPSA) is 69.0 Å². The van der Waals surface area contributed by atoms with Crippen LogP contribution in [0.3, 0.4) is 0 Å². The van der Waals surface area contributed by atoms with Gasteiger partial charge in [-0.25, -0.2) is 9.67 Å². The van der Waals surface area contributed by atoms with Crippen molar-refractivity contribution >= 4 is 5.78 Å². The van der Waals surface area contributed by atoms with E-state index in [-0.39, 0.29) is 11.9 Å². The minimum absolute atomic E-state index is 0.00252. The van der Waals surface area contributed by atoms with Gasteiger partial charge < -0.3 is 10.1 Å². The maximum atomic E-state index is 12.0. The molecule has 1 fully saturated rings. The second-order valence-corrected chi connectivity index (χ2v) is 5.37. The Balaban J connectivity index is 1.86. The number of morpholine rings is 1. The van der Waals surface area contributed by atoms with Crippen molar-refractivity contribution in [2.75, 3.05) is 19.7 Å². The molecular weight excluding hydrogens is 244 g/mol. The van der Waals surface area contributed by atoms with Crippen LogP contribution in [0, 0.1) is 5.92 Å². The van der Waals surface area contributed by atoms with Crippen LogP contribution in [0.1, 0.15) is 26.1 Å². The van der Waals surface area contributed by atoms with Crippen LogP contribution in [0.5, 0.6) is 0 Å². The van der Waals surface area contributed by atoms with Gasteiger partial charge in [-0.15, -0.1) is 0 Å². The van der Waals surface area contributed by atoms with Crippen LogP contribution in [0.2, 0.25) is 0 Å². The summed E-state index contributed by atoms with van der Waals surface area (Å²) in [5.74, 6) is 1.40. The summed E-state index contributed by atoms with van der Waals surface area (Å²) in [6.07, 6.45) is 2.31. The van der Waals surface area contributed by atoms with Crippen LogP contribution in [0.25, 0.3) is 0 Å². The summed E-state index contributed by atoms with van der Waals surface area (Å²) in [6, 6.07) is 0. The first kappa shape index (κ1) is 14.1. The van der Waals surface area contributed by atoms with Crippen molar-refractivity contribution in [1.29, 1.82) is 0 Å². The van der Waals surface area contributed by atoms with Crippen molar-refractivity contribution in [3.63, 3.8) is 0 Å². The zero-order valence-corrected chi connectivity index (χ0v) is 11.6. The SMILES string of the molecule is CC(C)Cn1ncnc1CC(=O)CC1CNCCO1. The van der Waals surface area contributed by atoms with Crippen LogP contribution >= 0.6 is 0 Å². The van der Waals surface area contributed by atoms with Gasteiger partial charge >= 0.3 is 0 Å². The molecule has 0 radical (unpaired) electrons. The van der Waals surface area contributed by atoms with Gasteiger partial charge in [0, 0.05) is 26.1 Å². The van der Waals surface area contributed by atoms with E-state index in [0.29, 0.717) is 25.4 Å². The molecule has 19 heavy (non-hydrogen) atoms. The summed E-state index contributed by atoms with van der Waals surface area (Å²) in [7, 11) is 0. The summed E-state index contributed by atoms with van der Waals surface area (Å²) in [5.41, 5.74) is 0. The molecule has 1 aliphatic heterocycles. The Hall–Kier alpha value is -1.27. The number of Topliss-reactive ketones (excluding diaryl/α,β-unsaturated/α-hetero) is 1. The molecule has 0 saturated carbocycles. The fourth-order valence-electron chi connectivity index (χ4n) is 2.18. The Kier molecular flexibility index (Phi) is 5.04. The lowest BCUT2D eigenvalue weighted by Gasteiger charge is -2.22. The van der Waals surface area contributed by atoms with Gasteiger partial charge in [-0.2, -0.15) is 5.10 Å². The summed E-state index contributed by atoms with van der Waals surface area (Å²) in [5, 5.41) is 7.39. The molecule has 6 heteroatoms. The van der Waals surface area contributed by atoms with Crippen molar-refractivity contribution in [2.24, 2.45) is 5.92 Å². The van der Waals surface area contributed by atoms with Gasteiger partial charge in [0.1, 0.15) is 17.9 Å². The van der Waals surface area contributed by atoms with E-state index < -0.39 is 0 Å². The van der Waals surface area contributed by atoms with E-state index in [2.05, 4.69) is 29.2 Å². The van der Waals surface area contributed by atoms with Crippen LogP contribution in [0.15, 0.2) is 6.33 Å². The molecule has 1 aromatic heterocycles. The molecule has 1 aliphatic rings. The maximum absolute atomic E-state index is 12.0. The molecule has 1 unspecified atom stereocenters. The molecule has 1 aromatic rings. The standard InChI is InChI=1S/C13H22N4O2/c1-10(2)8-17-13(15-9-16-17)6-11(18)5-12-7-14-3-4-19-12/h9-10,12,14H,3-8H2,1-2H3. The van der Waals surface area contributed by atoms with E-state index in [4.69, 9.17) is 4.74 Å². The Morgan fingerprint density at radius 1 is 1.63 bits per heavy atom. The summed E-state index contributed by atoms with van der Waals surface area (Å²) in [6.45, 7) is 7.34. The third-order valence-corrected chi connectivity index (χ3v) is 3.05. The van der Waals surface area contributed by atoms with Gasteiger partial charge in [-0.1, -0.05) is 13.8 Å². The van der Waals surface area contributed by atoms with E-state index >= 15 is 0 Å². The Morgan fingerprint density at radius 2 is 2.47 bits per heavy atom. The van der Waals surface area contributed by atoms with Crippen LogP contribution < -0.4 is 5.32 Å². The molecule has 0 aliphatic carbocycles. The monoisotopic (exact) mass is 266 g/mol. The molecule has 2 heterocycles. The van der Waals surface area contributed by atoms with Crippen molar-refractivity contribution < 1.29 is 9.53 Å². The quantitative estimate of drug-likeness (QED) is 0.808. The summed E-state index contributed by atoms with van der Waals surface area (Å²) >= 11 is 0. The molecule has 0 amide bonds. The number of ether oxygens (including phenoxy) is 1. The van der Waals surface area contributed by atoms with E-state index in [1.54, 1.807) is 0 Å². The zero-order valence-electron chi connectivity index (χ0n) is 11.6. The largest absolute Gasteiger partial charge is 0.375 e. The highest BCUT2D eigenvalue weighted by Gasteiger charge is 2.19. The number of nitrogens with one attached hydrogen (secondary N) is 1. The third kappa shape index (κ3) is 4.40. The van der Waals surface area contributed by atoms with Gasteiger partial charge in [0.25, 0.3) is 0 Å².